The van der Waals surface area contributed by atoms with Crippen LogP contribution in [0.15, 0.2) is 24.3 Å². The number of carbonyl (C=O) groups is 1. The normalized spacial score (nSPS) is 20.1. The predicted octanol–water partition coefficient (Wildman–Crippen LogP) is 1.09. The van der Waals surface area contributed by atoms with Gasteiger partial charge in [0, 0.05) is 18.1 Å². The SMILES string of the molecule is O=C1NCCCC1NCC(O)COCc1ccc(Cl)cc1. The highest BCUT2D eigenvalue weighted by atomic mass is 35.5. The van der Waals surface area contributed by atoms with Crippen molar-refractivity contribution >= 4 is 17.5 Å². The molecule has 1 amide bonds. The van der Waals surface area contributed by atoms with Crippen molar-refractivity contribution in [2.45, 2.75) is 31.6 Å². The molecule has 21 heavy (non-hydrogen) atoms. The number of carbonyl (C=O) groups excluding carboxylic acids is 1. The Bertz CT molecular complexity index is 453. The van der Waals surface area contributed by atoms with Crippen molar-refractivity contribution in [3.63, 3.8) is 0 Å². The van der Waals surface area contributed by atoms with E-state index in [0.717, 1.165) is 24.9 Å². The van der Waals surface area contributed by atoms with Crippen molar-refractivity contribution in [1.29, 1.82) is 0 Å². The highest BCUT2D eigenvalue weighted by Gasteiger charge is 2.21. The molecular weight excluding hydrogens is 292 g/mol. The summed E-state index contributed by atoms with van der Waals surface area (Å²) in [6.45, 7) is 1.74. The van der Waals surface area contributed by atoms with E-state index in [4.69, 9.17) is 16.3 Å². The quantitative estimate of drug-likeness (QED) is 0.705. The zero-order chi connectivity index (χ0) is 15.1. The molecule has 0 bridgehead atoms. The van der Waals surface area contributed by atoms with Crippen molar-refractivity contribution in [2.24, 2.45) is 0 Å². The fourth-order valence-electron chi connectivity index (χ4n) is 2.20. The molecule has 1 aromatic carbocycles. The van der Waals surface area contributed by atoms with Gasteiger partial charge in [0.15, 0.2) is 0 Å². The van der Waals surface area contributed by atoms with Crippen molar-refractivity contribution < 1.29 is 14.6 Å². The van der Waals surface area contributed by atoms with Crippen LogP contribution >= 0.6 is 11.6 Å². The van der Waals surface area contributed by atoms with Gasteiger partial charge in [-0.3, -0.25) is 4.79 Å². The summed E-state index contributed by atoms with van der Waals surface area (Å²) < 4.78 is 5.45. The molecule has 2 rings (SSSR count). The Labute approximate surface area is 129 Å². The summed E-state index contributed by atoms with van der Waals surface area (Å²) in [7, 11) is 0. The van der Waals surface area contributed by atoms with E-state index in [1.165, 1.54) is 0 Å². The first kappa shape index (κ1) is 16.2. The van der Waals surface area contributed by atoms with Crippen LogP contribution in [0.3, 0.4) is 0 Å². The van der Waals surface area contributed by atoms with E-state index in [2.05, 4.69) is 10.6 Å². The molecule has 1 heterocycles. The molecule has 2 atom stereocenters. The third kappa shape index (κ3) is 5.63. The molecule has 1 saturated heterocycles. The van der Waals surface area contributed by atoms with E-state index in [1.54, 1.807) is 12.1 Å². The van der Waals surface area contributed by atoms with Gasteiger partial charge < -0.3 is 20.5 Å². The van der Waals surface area contributed by atoms with Crippen LogP contribution in [-0.2, 0) is 16.1 Å². The second kappa shape index (κ2) is 8.34. The highest BCUT2D eigenvalue weighted by molar-refractivity contribution is 6.30. The Morgan fingerprint density at radius 1 is 1.43 bits per heavy atom. The van der Waals surface area contributed by atoms with Crippen LogP contribution in [0.2, 0.25) is 5.02 Å². The first-order valence-electron chi connectivity index (χ1n) is 7.16. The summed E-state index contributed by atoms with van der Waals surface area (Å²) in [5.41, 5.74) is 1.01. The van der Waals surface area contributed by atoms with E-state index >= 15 is 0 Å². The molecule has 116 valence electrons. The summed E-state index contributed by atoms with van der Waals surface area (Å²) in [5, 5.41) is 16.4. The molecular formula is C15H21ClN2O3. The summed E-state index contributed by atoms with van der Waals surface area (Å²) in [6.07, 6.45) is 1.14. The van der Waals surface area contributed by atoms with E-state index in [-0.39, 0.29) is 18.6 Å². The second-order valence-electron chi connectivity index (χ2n) is 5.19. The first-order valence-corrected chi connectivity index (χ1v) is 7.54. The Morgan fingerprint density at radius 2 is 2.19 bits per heavy atom. The molecule has 3 N–H and O–H groups in total. The summed E-state index contributed by atoms with van der Waals surface area (Å²) in [4.78, 5) is 11.5. The Kier molecular flexibility index (Phi) is 6.45. The van der Waals surface area contributed by atoms with Gasteiger partial charge >= 0.3 is 0 Å². The molecule has 1 aliphatic rings. The standard InChI is InChI=1S/C15H21ClN2O3/c16-12-5-3-11(4-6-12)9-21-10-13(19)8-18-14-2-1-7-17-15(14)20/h3-6,13-14,18-19H,1-2,7-10H2,(H,17,20). The van der Waals surface area contributed by atoms with Crippen LogP contribution in [0.4, 0.5) is 0 Å². The van der Waals surface area contributed by atoms with Crippen molar-refractivity contribution in [1.82, 2.24) is 10.6 Å². The molecule has 0 spiro atoms. The maximum Gasteiger partial charge on any atom is 0.237 e. The van der Waals surface area contributed by atoms with Crippen molar-refractivity contribution in [3.05, 3.63) is 34.9 Å². The van der Waals surface area contributed by atoms with Crippen molar-refractivity contribution in [3.8, 4) is 0 Å². The molecule has 1 aromatic rings. The van der Waals surface area contributed by atoms with Crippen LogP contribution in [0.1, 0.15) is 18.4 Å². The lowest BCUT2D eigenvalue weighted by molar-refractivity contribution is -0.124. The van der Waals surface area contributed by atoms with Crippen LogP contribution in [-0.4, -0.2) is 42.9 Å². The number of hydrogen-bond acceptors (Lipinski definition) is 4. The summed E-state index contributed by atoms with van der Waals surface area (Å²) in [6, 6.07) is 7.18. The number of aliphatic hydroxyl groups excluding tert-OH is 1. The van der Waals surface area contributed by atoms with Crippen LogP contribution in [0.25, 0.3) is 0 Å². The number of amides is 1. The van der Waals surface area contributed by atoms with Gasteiger partial charge in [-0.2, -0.15) is 0 Å². The van der Waals surface area contributed by atoms with Crippen LogP contribution < -0.4 is 10.6 Å². The van der Waals surface area contributed by atoms with E-state index in [0.29, 0.717) is 18.2 Å². The van der Waals surface area contributed by atoms with E-state index in [9.17, 15) is 9.90 Å². The number of hydrogen-bond donors (Lipinski definition) is 3. The highest BCUT2D eigenvalue weighted by Crippen LogP contribution is 2.10. The molecule has 5 nitrogen and oxygen atoms in total. The van der Waals surface area contributed by atoms with Gasteiger partial charge in [0.25, 0.3) is 0 Å². The average Bonchev–Trinajstić information content (AvgIpc) is 2.48. The molecule has 1 aliphatic heterocycles. The minimum absolute atomic E-state index is 0.00975. The molecule has 2 unspecified atom stereocenters. The van der Waals surface area contributed by atoms with E-state index < -0.39 is 6.10 Å². The predicted molar refractivity (Wildman–Crippen MR) is 81.1 cm³/mol. The van der Waals surface area contributed by atoms with Gasteiger partial charge in [0.05, 0.1) is 25.4 Å². The van der Waals surface area contributed by atoms with Gasteiger partial charge in [-0.05, 0) is 30.5 Å². The number of ether oxygens (including phenoxy) is 1. The molecule has 0 radical (unpaired) electrons. The van der Waals surface area contributed by atoms with Gasteiger partial charge in [-0.25, -0.2) is 0 Å². The Balaban J connectivity index is 1.62. The molecule has 6 heteroatoms. The molecule has 0 aliphatic carbocycles. The number of rotatable bonds is 7. The first-order chi connectivity index (χ1) is 10.1. The fraction of sp³-hybridized carbons (Fsp3) is 0.533. The van der Waals surface area contributed by atoms with Gasteiger partial charge in [0.2, 0.25) is 5.91 Å². The van der Waals surface area contributed by atoms with Crippen molar-refractivity contribution in [2.75, 3.05) is 19.7 Å². The van der Waals surface area contributed by atoms with Crippen LogP contribution in [0.5, 0.6) is 0 Å². The number of benzene rings is 1. The number of halogens is 1. The lowest BCUT2D eigenvalue weighted by atomic mass is 10.1. The van der Waals surface area contributed by atoms with Crippen LogP contribution in [0, 0.1) is 0 Å². The maximum absolute atomic E-state index is 11.5. The maximum atomic E-state index is 11.5. The van der Waals surface area contributed by atoms with Gasteiger partial charge in [0.1, 0.15) is 0 Å². The zero-order valence-corrected chi connectivity index (χ0v) is 12.6. The Hall–Kier alpha value is -1.14. The second-order valence-corrected chi connectivity index (χ2v) is 5.63. The smallest absolute Gasteiger partial charge is 0.237 e. The fourth-order valence-corrected chi connectivity index (χ4v) is 2.32. The minimum Gasteiger partial charge on any atom is -0.389 e. The van der Waals surface area contributed by atoms with Gasteiger partial charge in [-0.1, -0.05) is 23.7 Å². The monoisotopic (exact) mass is 312 g/mol. The van der Waals surface area contributed by atoms with Gasteiger partial charge in [-0.15, -0.1) is 0 Å². The number of aliphatic hydroxyl groups is 1. The summed E-state index contributed by atoms with van der Waals surface area (Å²) >= 11 is 5.80. The lowest BCUT2D eigenvalue weighted by Crippen LogP contribution is -2.50. The number of nitrogens with one attached hydrogen (secondary N) is 2. The Morgan fingerprint density at radius 3 is 2.90 bits per heavy atom. The number of piperidine rings is 1. The topological polar surface area (TPSA) is 70.6 Å². The third-order valence-corrected chi connectivity index (χ3v) is 3.63. The molecule has 0 saturated carbocycles. The average molecular weight is 313 g/mol. The zero-order valence-electron chi connectivity index (χ0n) is 11.8. The largest absolute Gasteiger partial charge is 0.389 e. The minimum atomic E-state index is -0.632. The summed E-state index contributed by atoms with van der Waals surface area (Å²) in [5.74, 6) is 0.00975. The lowest BCUT2D eigenvalue weighted by Gasteiger charge is -2.24. The van der Waals surface area contributed by atoms with E-state index in [1.807, 2.05) is 12.1 Å². The molecule has 0 aromatic heterocycles. The molecule has 1 fully saturated rings. The third-order valence-electron chi connectivity index (χ3n) is 3.38.